The summed E-state index contributed by atoms with van der Waals surface area (Å²) >= 11 is 0. The van der Waals surface area contributed by atoms with E-state index in [0.717, 1.165) is 5.44 Å². The van der Waals surface area contributed by atoms with E-state index in [2.05, 4.69) is 79.0 Å². The molecular weight excluding hydrogens is 535 g/mol. The lowest BCUT2D eigenvalue weighted by Gasteiger charge is -2.34. The summed E-state index contributed by atoms with van der Waals surface area (Å²) in [5.74, 6) is -0.0270. The number of hydrogen-bond acceptors (Lipinski definition) is 6. The van der Waals surface area contributed by atoms with E-state index in [1.165, 1.54) is 15.9 Å². The normalized spacial score (nSPS) is 11.7. The van der Waals surface area contributed by atoms with E-state index < -0.39 is 17.5 Å². The maximum absolute atomic E-state index is 13.8. The van der Waals surface area contributed by atoms with Crippen LogP contribution < -0.4 is 34.5 Å². The van der Waals surface area contributed by atoms with E-state index in [4.69, 9.17) is 18.6 Å². The minimum atomic E-state index is -4.94. The molecule has 0 unspecified atom stereocenters. The summed E-state index contributed by atoms with van der Waals surface area (Å²) in [6, 6.07) is 41.3. The zero-order chi connectivity index (χ0) is 28.5. The Balaban J connectivity index is 0.000000771. The molecule has 0 radical (unpaired) electrons. The molecule has 0 saturated heterocycles. The van der Waals surface area contributed by atoms with E-state index >= 15 is 0 Å². The number of benzene rings is 4. The van der Waals surface area contributed by atoms with Crippen molar-refractivity contribution >= 4 is 29.1 Å². The Morgan fingerprint density at radius 2 is 0.923 bits per heavy atom. The van der Waals surface area contributed by atoms with Crippen molar-refractivity contribution in [3.63, 3.8) is 0 Å². The van der Waals surface area contributed by atoms with Gasteiger partial charge in [0.1, 0.15) is 15.9 Å². The molecule has 0 N–H and O–H groups in total. The van der Waals surface area contributed by atoms with Gasteiger partial charge in [-0.25, -0.2) is 18.6 Å². The van der Waals surface area contributed by atoms with Gasteiger partial charge in [-0.2, -0.15) is 0 Å². The molecule has 4 aromatic carbocycles. The van der Waals surface area contributed by atoms with Gasteiger partial charge >= 0.3 is 0 Å². The molecule has 7 nitrogen and oxygen atoms in total. The predicted molar refractivity (Wildman–Crippen MR) is 145 cm³/mol. The summed E-state index contributed by atoms with van der Waals surface area (Å²) in [6.45, 7) is 0. The van der Waals surface area contributed by atoms with Crippen LogP contribution in [0.25, 0.3) is 0 Å². The molecule has 0 aliphatic carbocycles. The van der Waals surface area contributed by atoms with Crippen LogP contribution in [0, 0.1) is 10.2 Å². The van der Waals surface area contributed by atoms with Gasteiger partial charge in [-0.1, -0.05) is 72.8 Å². The van der Waals surface area contributed by atoms with Crippen molar-refractivity contribution in [2.75, 3.05) is 21.1 Å². The Morgan fingerprint density at radius 3 is 1.23 bits per heavy atom. The van der Waals surface area contributed by atoms with Gasteiger partial charge in [0.2, 0.25) is 0 Å². The van der Waals surface area contributed by atoms with Crippen molar-refractivity contribution in [3.05, 3.63) is 139 Å². The molecule has 0 aliphatic rings. The predicted octanol–water partition coefficient (Wildman–Crippen LogP) is 0.357. The fourth-order valence-electron chi connectivity index (χ4n) is 4.31. The lowest BCUT2D eigenvalue weighted by Crippen LogP contribution is -2.68. The van der Waals surface area contributed by atoms with E-state index in [1.54, 1.807) is 0 Å². The van der Waals surface area contributed by atoms with Crippen molar-refractivity contribution in [3.8, 4) is 0 Å². The van der Waals surface area contributed by atoms with Gasteiger partial charge in [-0.05, 0) is 48.5 Å². The van der Waals surface area contributed by atoms with Crippen molar-refractivity contribution in [1.82, 2.24) is 9.80 Å². The standard InChI is InChI=1S/C30H30N2OP.ClHO4/c1-31(2)24-29(32(3)30(33)25-16-8-4-9-17-25)34(26-18-10-5-11-19-26,27-20-12-6-13-21-27)28-22-14-7-15-23-28;2-1(3,4)5/h4-24H,1-3H3;(H,2,3,4,5)/q+1;/p-1. The summed E-state index contributed by atoms with van der Waals surface area (Å²) in [5, 5.41) is 3.61. The van der Waals surface area contributed by atoms with Crippen molar-refractivity contribution in [2.45, 2.75) is 0 Å². The molecule has 4 rings (SSSR count). The zero-order valence-corrected chi connectivity index (χ0v) is 23.5. The largest absolute Gasteiger partial charge is 0.379 e. The Kier molecular flexibility index (Phi) is 10.4. The van der Waals surface area contributed by atoms with Crippen LogP contribution in [0.3, 0.4) is 0 Å². The molecule has 0 fully saturated rings. The van der Waals surface area contributed by atoms with Gasteiger partial charge in [-0.15, -0.1) is 10.2 Å². The first kappa shape index (κ1) is 30.0. The highest BCUT2D eigenvalue weighted by atomic mass is 35.7. The number of rotatable bonds is 7. The molecular formula is C30H30ClN2O5P. The molecule has 0 aromatic heterocycles. The first-order chi connectivity index (χ1) is 18.5. The van der Waals surface area contributed by atoms with Gasteiger partial charge in [0.15, 0.2) is 12.7 Å². The van der Waals surface area contributed by atoms with Crippen LogP contribution in [0.5, 0.6) is 0 Å². The summed E-state index contributed by atoms with van der Waals surface area (Å²) in [5.41, 5.74) is 1.65. The van der Waals surface area contributed by atoms with E-state index in [-0.39, 0.29) is 5.91 Å². The summed E-state index contributed by atoms with van der Waals surface area (Å²) in [6.07, 6.45) is 2.11. The van der Waals surface area contributed by atoms with Crippen LogP contribution in [-0.4, -0.2) is 36.9 Å². The minimum absolute atomic E-state index is 0.0270. The van der Waals surface area contributed by atoms with Crippen LogP contribution in [0.4, 0.5) is 0 Å². The zero-order valence-electron chi connectivity index (χ0n) is 21.9. The lowest BCUT2D eigenvalue weighted by atomic mass is 10.2. The second-order valence-electron chi connectivity index (χ2n) is 8.74. The molecule has 0 aliphatic heterocycles. The molecule has 4 aromatic rings. The molecule has 0 atom stereocenters. The molecule has 39 heavy (non-hydrogen) atoms. The molecule has 0 heterocycles. The highest BCUT2D eigenvalue weighted by Crippen LogP contribution is 2.63. The molecule has 202 valence electrons. The Bertz CT molecular complexity index is 1250. The topological polar surface area (TPSA) is 116 Å². The van der Waals surface area contributed by atoms with Crippen LogP contribution in [0.15, 0.2) is 133 Å². The van der Waals surface area contributed by atoms with Gasteiger partial charge < -0.3 is 4.90 Å². The quantitative estimate of drug-likeness (QED) is 0.299. The number of halogens is 1. The average molecular weight is 565 g/mol. The van der Waals surface area contributed by atoms with Gasteiger partial charge in [0, 0.05) is 26.7 Å². The third kappa shape index (κ3) is 7.74. The van der Waals surface area contributed by atoms with Crippen LogP contribution in [-0.2, 0) is 0 Å². The minimum Gasteiger partial charge on any atom is -0.379 e. The SMILES string of the molecule is CN(C)C=C(N(C)C(=O)c1ccccc1)[P+](c1ccccc1)(c1ccccc1)c1ccccc1.[O-][Cl+3]([O-])([O-])[O-]. The second kappa shape index (κ2) is 13.5. The summed E-state index contributed by atoms with van der Waals surface area (Å²) < 4.78 is 34.0. The highest BCUT2D eigenvalue weighted by Gasteiger charge is 2.52. The summed E-state index contributed by atoms with van der Waals surface area (Å²) in [4.78, 5) is 17.7. The fraction of sp³-hybridized carbons (Fsp3) is 0.100. The maximum atomic E-state index is 13.8. The molecule has 0 bridgehead atoms. The number of nitrogens with zero attached hydrogens (tertiary/aromatic N) is 2. The molecule has 0 saturated carbocycles. The smallest absolute Gasteiger partial charge is 0.260 e. The van der Waals surface area contributed by atoms with Crippen LogP contribution in [0.2, 0.25) is 0 Å². The average Bonchev–Trinajstić information content (AvgIpc) is 2.93. The van der Waals surface area contributed by atoms with E-state index in [9.17, 15) is 4.79 Å². The van der Waals surface area contributed by atoms with Crippen LogP contribution in [0.1, 0.15) is 10.4 Å². The van der Waals surface area contributed by atoms with E-state index in [0.29, 0.717) is 5.56 Å². The van der Waals surface area contributed by atoms with Crippen molar-refractivity contribution in [2.24, 2.45) is 0 Å². The maximum Gasteiger partial charge on any atom is 0.260 e. The monoisotopic (exact) mass is 564 g/mol. The van der Waals surface area contributed by atoms with E-state index in [1.807, 2.05) is 79.5 Å². The Labute approximate surface area is 232 Å². The Morgan fingerprint density at radius 1 is 0.615 bits per heavy atom. The molecule has 9 heteroatoms. The summed E-state index contributed by atoms with van der Waals surface area (Å²) in [7, 11) is -1.45. The lowest BCUT2D eigenvalue weighted by molar-refractivity contribution is -2.00. The Hall–Kier alpha value is -3.55. The van der Waals surface area contributed by atoms with Crippen molar-refractivity contribution < 1.29 is 33.7 Å². The fourth-order valence-corrected chi connectivity index (χ4v) is 8.80. The first-order valence-electron chi connectivity index (χ1n) is 11.9. The molecule has 1 amide bonds. The van der Waals surface area contributed by atoms with Gasteiger partial charge in [0.05, 0.1) is 6.20 Å². The number of amides is 1. The van der Waals surface area contributed by atoms with Gasteiger partial charge in [0.25, 0.3) is 5.91 Å². The highest BCUT2D eigenvalue weighted by molar-refractivity contribution is 7.99. The first-order valence-corrected chi connectivity index (χ1v) is 15.0. The van der Waals surface area contributed by atoms with Crippen molar-refractivity contribution in [1.29, 1.82) is 0 Å². The number of hydrogen-bond donors (Lipinski definition) is 0. The second-order valence-corrected chi connectivity index (χ2v) is 12.8. The third-order valence-electron chi connectivity index (χ3n) is 5.82. The third-order valence-corrected chi connectivity index (χ3v) is 10.1. The number of carbonyl (C=O) groups is 1. The molecule has 0 spiro atoms. The van der Waals surface area contributed by atoms with Crippen LogP contribution >= 0.6 is 7.26 Å². The number of carbonyl (C=O) groups excluding carboxylic acids is 1. The van der Waals surface area contributed by atoms with Gasteiger partial charge in [-0.3, -0.25) is 9.69 Å².